The topological polar surface area (TPSA) is 40.5 Å². The number of halogens is 6. The molecule has 0 atom stereocenters. The van der Waals surface area contributed by atoms with Gasteiger partial charge in [-0.1, -0.05) is 382 Å². The highest BCUT2D eigenvalue weighted by molar-refractivity contribution is 9.13. The summed E-state index contributed by atoms with van der Waals surface area (Å²) < 4.78 is 6.28. The Morgan fingerprint density at radius 2 is 0.248 bits per heavy atom. The molecular weight excluding hydrogens is 1960 g/mol. The molecule has 0 saturated carbocycles. The molecule has 0 aliphatic heterocycles. The van der Waals surface area contributed by atoms with E-state index in [1.165, 1.54) is 198 Å². The maximum atomic E-state index is 9.22. The van der Waals surface area contributed by atoms with E-state index in [4.69, 9.17) is 0 Å². The van der Waals surface area contributed by atoms with Crippen LogP contribution in [0.3, 0.4) is 0 Å². The van der Waals surface area contributed by atoms with Crippen LogP contribution in [-0.4, -0.2) is 17.2 Å². The summed E-state index contributed by atoms with van der Waals surface area (Å²) in [5, 5.41) is 32.8. The molecule has 0 fully saturated rings. The summed E-state index contributed by atoms with van der Waals surface area (Å²) in [6, 6.07) is 165. The van der Waals surface area contributed by atoms with Crippen LogP contribution in [0.5, 0.6) is 0 Å². The van der Waals surface area contributed by atoms with Crippen molar-refractivity contribution >= 4 is 173 Å². The van der Waals surface area contributed by atoms with Crippen LogP contribution in [0.4, 0.5) is 0 Å². The number of rotatable bonds is 14. The van der Waals surface area contributed by atoms with E-state index in [0.29, 0.717) is 5.46 Å². The standard InChI is InChI=1S/C90H60.C18H6Br6.C12H11BO2/c1-7-31-61(32-8-1)67-43-19-25-49-73(67)79-55-85-86(56-80(79)74-50-26-20-44-68(74)62-33-9-2-10-34-62)88-58-82(76-52-28-22-46-70(76)64-37-13-4-14-38-64)84(78-54-30-24-48-72(78)66-41-17-6-18-42-66)60-90(88)89-59-83(77-53-29-23-47-71(77)65-39-15-5-16-40-65)81(57-87(85)89)75-51-27-21-45-69(75)63-35-11-3-12-36-63;19-13-1-7-8(2-14(13)20)10-4-17(23)18(24)6-12(10)11-5-16(22)15(21)3-9(7)11;14-13(15)12-9-5-4-8-11(12)10-6-2-1-3-7-10/h1-60H;1-6H;1-9,14-15H. The molecule has 0 saturated heterocycles. The van der Waals surface area contributed by atoms with Crippen LogP contribution < -0.4 is 5.46 Å². The fourth-order valence-electron chi connectivity index (χ4n) is 18.6. The Balaban J connectivity index is 0.000000218. The second-order valence-corrected chi connectivity index (χ2v) is 37.2. The van der Waals surface area contributed by atoms with Crippen LogP contribution >= 0.6 is 95.6 Å². The largest absolute Gasteiger partial charge is 0.489 e. The van der Waals surface area contributed by atoms with Gasteiger partial charge in [-0.15, -0.1) is 0 Å². The first kappa shape index (κ1) is 84.4. The van der Waals surface area contributed by atoms with Crippen molar-refractivity contribution in [3.8, 4) is 145 Å². The van der Waals surface area contributed by atoms with E-state index in [2.05, 4.69) is 496 Å². The van der Waals surface area contributed by atoms with Gasteiger partial charge in [0.25, 0.3) is 0 Å². The highest BCUT2D eigenvalue weighted by atomic mass is 79.9. The lowest BCUT2D eigenvalue weighted by Crippen LogP contribution is -2.31. The van der Waals surface area contributed by atoms with Gasteiger partial charge in [0, 0.05) is 26.8 Å². The van der Waals surface area contributed by atoms with Crippen molar-refractivity contribution in [3.05, 3.63) is 482 Å². The van der Waals surface area contributed by atoms with Gasteiger partial charge >= 0.3 is 7.12 Å². The third-order valence-electron chi connectivity index (χ3n) is 24.5. The van der Waals surface area contributed by atoms with Gasteiger partial charge < -0.3 is 10.0 Å². The molecule has 0 spiro atoms. The molecule has 614 valence electrons. The predicted molar refractivity (Wildman–Crippen MR) is 571 cm³/mol. The van der Waals surface area contributed by atoms with Gasteiger partial charge in [-0.05, 0) is 383 Å². The first-order valence-electron chi connectivity index (χ1n) is 42.8. The predicted octanol–water partition coefficient (Wildman–Crippen LogP) is 35.9. The molecule has 22 aromatic rings. The Kier molecular flexibility index (Phi) is 24.6. The molecule has 22 aromatic carbocycles. The molecule has 2 N–H and O–H groups in total. The van der Waals surface area contributed by atoms with Gasteiger partial charge in [-0.2, -0.15) is 0 Å². The van der Waals surface area contributed by atoms with Crippen LogP contribution in [0, 0.1) is 0 Å². The second kappa shape index (κ2) is 37.5. The maximum absolute atomic E-state index is 9.22. The number of hydrogen-bond donors (Lipinski definition) is 2. The van der Waals surface area contributed by atoms with Crippen molar-refractivity contribution < 1.29 is 10.0 Å². The normalized spacial score (nSPS) is 11.3. The quantitative estimate of drug-likeness (QED) is 0.0841. The van der Waals surface area contributed by atoms with Gasteiger partial charge in [0.05, 0.1) is 0 Å². The van der Waals surface area contributed by atoms with Gasteiger partial charge in [-0.3, -0.25) is 0 Å². The smallest absolute Gasteiger partial charge is 0.423 e. The SMILES string of the molecule is Brc1cc2c3cc(Br)c(Br)cc3c3cc(Br)c(Br)cc3c2cc1Br.OB(O)c1ccccc1-c1ccccc1.c1ccc(-c2ccccc2-c2cc3c4cc(-c5ccccc5-c5ccccc5)c(-c5ccccc5-c5ccccc5)cc4c4cc(-c5ccccc5-c5ccccc5)c(-c5ccccc5-c5ccccc5)cc4c3cc2-c2ccccc2-c2ccccc2)cc1. The highest BCUT2D eigenvalue weighted by Crippen LogP contribution is 2.54. The Morgan fingerprint density at radius 3 is 0.411 bits per heavy atom. The number of hydrogen-bond acceptors (Lipinski definition) is 2. The van der Waals surface area contributed by atoms with Gasteiger partial charge in [0.2, 0.25) is 0 Å². The minimum absolute atomic E-state index is 0.531. The lowest BCUT2D eigenvalue weighted by Gasteiger charge is -2.24. The summed E-state index contributed by atoms with van der Waals surface area (Å²) >= 11 is 21.8. The average Bonchev–Trinajstić information content (AvgIpc) is 0.706. The minimum Gasteiger partial charge on any atom is -0.423 e. The second-order valence-electron chi connectivity index (χ2n) is 32.1. The fourth-order valence-corrected chi connectivity index (χ4v) is 20.6. The van der Waals surface area contributed by atoms with Crippen LogP contribution in [0.1, 0.15) is 0 Å². The first-order chi connectivity index (χ1) is 63.3. The third-order valence-corrected chi connectivity index (χ3v) is 30.1. The summed E-state index contributed by atoms with van der Waals surface area (Å²) in [4.78, 5) is 0. The zero-order chi connectivity index (χ0) is 87.6. The van der Waals surface area contributed by atoms with Crippen LogP contribution in [-0.2, 0) is 0 Å². The monoisotopic (exact) mass is 2030 g/mol. The van der Waals surface area contributed by atoms with Gasteiger partial charge in [0.15, 0.2) is 0 Å². The van der Waals surface area contributed by atoms with Crippen molar-refractivity contribution in [2.24, 2.45) is 0 Å². The Labute approximate surface area is 801 Å². The third kappa shape index (κ3) is 16.8. The summed E-state index contributed by atoms with van der Waals surface area (Å²) in [7, 11) is -1.43. The summed E-state index contributed by atoms with van der Waals surface area (Å²) in [5.74, 6) is 0. The number of fused-ring (bicyclic) bond motifs is 12. The lowest BCUT2D eigenvalue weighted by atomic mass is 9.75. The van der Waals surface area contributed by atoms with E-state index in [9.17, 15) is 10.0 Å². The summed E-state index contributed by atoms with van der Waals surface area (Å²) in [6.45, 7) is 0. The highest BCUT2D eigenvalue weighted by Gasteiger charge is 2.27. The van der Waals surface area contributed by atoms with Gasteiger partial charge in [0.1, 0.15) is 0 Å². The van der Waals surface area contributed by atoms with E-state index in [0.717, 1.165) is 38.0 Å². The molecule has 0 aromatic heterocycles. The Bertz CT molecular complexity index is 6830. The van der Waals surface area contributed by atoms with Crippen molar-refractivity contribution in [1.82, 2.24) is 0 Å². The van der Waals surface area contributed by atoms with E-state index in [-0.39, 0.29) is 0 Å². The average molecular weight is 2040 g/mol. The Morgan fingerprint density at radius 1 is 0.124 bits per heavy atom. The first-order valence-corrected chi connectivity index (χ1v) is 47.5. The van der Waals surface area contributed by atoms with Crippen molar-refractivity contribution in [2.75, 3.05) is 0 Å². The van der Waals surface area contributed by atoms with Gasteiger partial charge in [-0.25, -0.2) is 0 Å². The zero-order valence-corrected chi connectivity index (χ0v) is 79.1. The molecule has 0 bridgehead atoms. The lowest BCUT2D eigenvalue weighted by molar-refractivity contribution is 0.426. The molecule has 129 heavy (non-hydrogen) atoms. The summed E-state index contributed by atoms with van der Waals surface area (Å²) in [6.07, 6.45) is 0. The van der Waals surface area contributed by atoms with Crippen LogP contribution in [0.2, 0.25) is 0 Å². The maximum Gasteiger partial charge on any atom is 0.489 e. The minimum atomic E-state index is -1.43. The molecule has 9 heteroatoms. The van der Waals surface area contributed by atoms with E-state index in [1.807, 2.05) is 42.5 Å². The van der Waals surface area contributed by atoms with E-state index in [1.54, 1.807) is 12.1 Å². The van der Waals surface area contributed by atoms with E-state index >= 15 is 0 Å². The molecule has 0 radical (unpaired) electrons. The van der Waals surface area contributed by atoms with Crippen LogP contribution in [0.15, 0.2) is 482 Å². The molecule has 0 amide bonds. The molecule has 0 aliphatic carbocycles. The molecular formula is C120H77BBr6O2. The van der Waals surface area contributed by atoms with E-state index < -0.39 is 7.12 Å². The van der Waals surface area contributed by atoms with Crippen LogP contribution in [0.25, 0.3) is 209 Å². The van der Waals surface area contributed by atoms with Crippen molar-refractivity contribution in [2.45, 2.75) is 0 Å². The number of benzene rings is 22. The Hall–Kier alpha value is -12.7. The molecule has 0 unspecified atom stereocenters. The van der Waals surface area contributed by atoms with Crippen molar-refractivity contribution in [3.63, 3.8) is 0 Å². The van der Waals surface area contributed by atoms with Crippen molar-refractivity contribution in [1.29, 1.82) is 0 Å². The zero-order valence-electron chi connectivity index (χ0n) is 69.5. The molecule has 22 rings (SSSR count). The molecule has 0 heterocycles. The molecule has 0 aliphatic rings. The fraction of sp³-hybridized carbons (Fsp3) is 0. The molecule has 2 nitrogen and oxygen atoms in total. The summed E-state index contributed by atoms with van der Waals surface area (Å²) in [5.41, 5.74) is 30.5.